The molecule has 3 aromatic carbocycles. The van der Waals surface area contributed by atoms with Crippen LogP contribution in [0.2, 0.25) is 0 Å². The summed E-state index contributed by atoms with van der Waals surface area (Å²) in [6.07, 6.45) is 9.78. The molecule has 14 rings (SSSR count). The largest absolute Gasteiger partial charge is 0.491 e. The van der Waals surface area contributed by atoms with Gasteiger partial charge in [-0.15, -0.1) is 0 Å². The van der Waals surface area contributed by atoms with E-state index in [-0.39, 0.29) is 86.4 Å². The Morgan fingerprint density at radius 3 is 2.47 bits per heavy atom. The third-order valence-electron chi connectivity index (χ3n) is 20.5. The van der Waals surface area contributed by atoms with Crippen LogP contribution in [0.1, 0.15) is 123 Å². The van der Waals surface area contributed by atoms with Crippen molar-refractivity contribution in [3.05, 3.63) is 117 Å². The molecule has 448 valence electrons. The molecule has 85 heavy (non-hydrogen) atoms. The van der Waals surface area contributed by atoms with Gasteiger partial charge in [-0.1, -0.05) is 38.1 Å². The number of aryl methyl sites for hydroxylation is 2. The summed E-state index contributed by atoms with van der Waals surface area (Å²) in [7, 11) is -4.81. The van der Waals surface area contributed by atoms with E-state index >= 15 is 8.42 Å². The number of aromatic nitrogens is 3. The number of primary amides is 1. The molecular weight excluding hydrogens is 1100 g/mol. The number of nitrogens with zero attached hydrogens (tertiary/aromatic N) is 7. The topological polar surface area (TPSA) is 233 Å². The van der Waals surface area contributed by atoms with Gasteiger partial charge in [0.25, 0.3) is 11.6 Å². The zero-order chi connectivity index (χ0) is 58.7. The lowest BCUT2D eigenvalue weighted by Crippen LogP contribution is -2.60. The maximum Gasteiger partial charge on any atom is 0.297 e. The highest BCUT2D eigenvalue weighted by molar-refractivity contribution is 7.91. The highest BCUT2D eigenvalue weighted by atomic mass is 32.2. The van der Waals surface area contributed by atoms with Crippen LogP contribution >= 0.6 is 0 Å². The number of anilines is 4. The molecule has 0 radical (unpaired) electrons. The number of H-pyrrole nitrogens is 1. The quantitative estimate of drug-likeness (QED) is 0.0809. The Morgan fingerprint density at radius 1 is 0.906 bits per heavy atom. The molecule has 7 aliphatic heterocycles. The summed E-state index contributed by atoms with van der Waals surface area (Å²) in [5.41, 5.74) is 13.6. The smallest absolute Gasteiger partial charge is 0.297 e. The Morgan fingerprint density at radius 2 is 1.69 bits per heavy atom. The SMILES string of the molecule is Cc1ccccc1[C@@H]1CN([C@@H](C)c2cnc(C)c3c2C(C)(C)CCO3)CCN1C1CC2(CCN(c3ccc(C(N)=O)c(N4c5cc6cc[nH]c6nc5O[C@H]5COCC[C@@H]54)c3S(=O)(=O)c3cc4c(c([N+](=O)[O-])c3)N[C@H](C3CCOCC3)CO4)CC2)C1. The number of rotatable bonds is 11. The third-order valence-corrected chi connectivity index (χ3v) is 22.3. The summed E-state index contributed by atoms with van der Waals surface area (Å²) in [5.74, 6) is 0.546. The van der Waals surface area contributed by atoms with Crippen LogP contribution in [-0.4, -0.2) is 141 Å². The lowest BCUT2D eigenvalue weighted by Gasteiger charge is -2.59. The standard InChI is InChI=1S/C64H76N10O10S/c1-37-8-6-7-9-44(37)52-34-71(39(3)46-33-67-38(2)58-55(46)63(4,5)18-27-82-58)22-23-72(52)42-31-64(32-42)16-20-70(21-17-64)49-11-10-45(60(65)75)57(73-48-15-26-81-36-54(48)84-62-51(73)28-41-12-19-66-61(41)69-62)59(49)85(78,79)43-29-50(74(76)77)56-53(30-43)83-35-47(68-56)40-13-24-80-25-14-40/h6-12,19,28-30,33,39-40,42,47-48,52,54,68H,13-18,20-27,31-32,34-36H2,1-5H3,(H2,65,75)(H,66,69)/t39-,47-,48-,52-,54-/m0/s1. The summed E-state index contributed by atoms with van der Waals surface area (Å²) in [6, 6.07) is 18.3. The zero-order valence-corrected chi connectivity index (χ0v) is 49.9. The molecule has 6 aromatic rings. The first kappa shape index (κ1) is 55.8. The number of amides is 1. The highest BCUT2D eigenvalue weighted by Gasteiger charge is 2.52. The molecule has 1 aliphatic carbocycles. The van der Waals surface area contributed by atoms with E-state index < -0.39 is 38.5 Å². The third kappa shape index (κ3) is 9.63. The first-order chi connectivity index (χ1) is 41.0. The minimum absolute atomic E-state index is 0.0210. The molecule has 20 nitrogen and oxygen atoms in total. The first-order valence-corrected chi connectivity index (χ1v) is 31.9. The van der Waals surface area contributed by atoms with Crippen molar-refractivity contribution in [2.24, 2.45) is 17.1 Å². The van der Waals surface area contributed by atoms with Gasteiger partial charge < -0.3 is 49.5 Å². The number of piperidine rings is 1. The van der Waals surface area contributed by atoms with Crippen molar-refractivity contribution in [3.8, 4) is 17.4 Å². The van der Waals surface area contributed by atoms with Crippen molar-refractivity contribution in [3.63, 3.8) is 0 Å². The number of carbonyl (C=O) groups is 1. The van der Waals surface area contributed by atoms with Crippen LogP contribution in [0.25, 0.3) is 11.0 Å². The van der Waals surface area contributed by atoms with Crippen molar-refractivity contribution in [1.82, 2.24) is 24.8 Å². The number of nitrogens with one attached hydrogen (secondary N) is 2. The van der Waals surface area contributed by atoms with Crippen molar-refractivity contribution >= 4 is 55.2 Å². The van der Waals surface area contributed by atoms with Gasteiger partial charge in [0, 0.05) is 106 Å². The molecule has 5 fully saturated rings. The van der Waals surface area contributed by atoms with E-state index in [4.69, 9.17) is 39.4 Å². The average Bonchev–Trinajstić information content (AvgIpc) is 1.45. The molecule has 4 saturated heterocycles. The second-order valence-corrected chi connectivity index (χ2v) is 27.6. The van der Waals surface area contributed by atoms with Crippen LogP contribution in [-0.2, 0) is 24.7 Å². The van der Waals surface area contributed by atoms with Gasteiger partial charge >= 0.3 is 0 Å². The fraction of sp³-hybridized carbons (Fsp3) is 0.516. The Hall–Kier alpha value is -7.04. The van der Waals surface area contributed by atoms with Crippen LogP contribution < -0.4 is 35.1 Å². The number of carbonyl (C=O) groups excluding carboxylic acids is 1. The molecule has 1 amide bonds. The number of pyridine rings is 2. The number of nitrogens with two attached hydrogens (primary N) is 1. The van der Waals surface area contributed by atoms with E-state index in [0.29, 0.717) is 69.0 Å². The van der Waals surface area contributed by atoms with Gasteiger partial charge in [0.1, 0.15) is 34.7 Å². The van der Waals surface area contributed by atoms with Gasteiger partial charge in [-0.25, -0.2) is 8.42 Å². The molecule has 0 bridgehead atoms. The fourth-order valence-corrected chi connectivity index (χ4v) is 17.3. The van der Waals surface area contributed by atoms with E-state index in [1.165, 1.54) is 28.3 Å². The molecule has 3 aromatic heterocycles. The Balaban J connectivity index is 0.807. The maximum absolute atomic E-state index is 16.4. The summed E-state index contributed by atoms with van der Waals surface area (Å²) in [6.45, 7) is 17.6. The molecule has 1 saturated carbocycles. The molecule has 8 aliphatic rings. The average molecular weight is 1180 g/mol. The predicted molar refractivity (Wildman–Crippen MR) is 321 cm³/mol. The molecule has 4 N–H and O–H groups in total. The van der Waals surface area contributed by atoms with Gasteiger partial charge in [0.2, 0.25) is 15.7 Å². The number of nitro benzene ring substituents is 1. The highest BCUT2D eigenvalue weighted by Crippen LogP contribution is 2.56. The molecule has 10 heterocycles. The number of aromatic amines is 1. The summed E-state index contributed by atoms with van der Waals surface area (Å²) in [4.78, 5) is 48.5. The van der Waals surface area contributed by atoms with Gasteiger partial charge in [-0.2, -0.15) is 4.98 Å². The number of sulfone groups is 1. The van der Waals surface area contributed by atoms with Gasteiger partial charge in [-0.05, 0) is 130 Å². The van der Waals surface area contributed by atoms with Crippen LogP contribution in [0.5, 0.6) is 17.4 Å². The lowest BCUT2D eigenvalue weighted by molar-refractivity contribution is -0.384. The number of hydrogen-bond donors (Lipinski definition) is 3. The monoisotopic (exact) mass is 1180 g/mol. The van der Waals surface area contributed by atoms with Crippen LogP contribution in [0.4, 0.5) is 28.4 Å². The maximum atomic E-state index is 16.4. The number of fused-ring (bicyclic) bond motifs is 5. The van der Waals surface area contributed by atoms with Crippen LogP contribution in [0, 0.1) is 35.3 Å². The number of ether oxygens (including phenoxy) is 5. The number of hydrogen-bond acceptors (Lipinski definition) is 17. The lowest BCUT2D eigenvalue weighted by atomic mass is 9.59. The Bertz CT molecular complexity index is 3740. The molecule has 5 atom stereocenters. The Kier molecular flexibility index (Phi) is 14.1. The van der Waals surface area contributed by atoms with E-state index in [1.54, 1.807) is 18.3 Å². The fourth-order valence-electron chi connectivity index (χ4n) is 15.6. The summed E-state index contributed by atoms with van der Waals surface area (Å²) < 4.78 is 63.6. The Labute approximate surface area is 495 Å². The van der Waals surface area contributed by atoms with E-state index in [2.05, 4.69) is 83.2 Å². The predicted octanol–water partition coefficient (Wildman–Crippen LogP) is 9.63. The number of nitro groups is 1. The number of benzene rings is 3. The van der Waals surface area contributed by atoms with Crippen molar-refractivity contribution < 1.29 is 41.8 Å². The van der Waals surface area contributed by atoms with E-state index in [1.807, 2.05) is 24.0 Å². The minimum Gasteiger partial charge on any atom is -0.491 e. The van der Waals surface area contributed by atoms with Crippen molar-refractivity contribution in [2.75, 3.05) is 87.5 Å². The van der Waals surface area contributed by atoms with Crippen LogP contribution in [0.15, 0.2) is 82.8 Å². The van der Waals surface area contributed by atoms with E-state index in [9.17, 15) is 14.9 Å². The zero-order valence-electron chi connectivity index (χ0n) is 49.1. The van der Waals surface area contributed by atoms with Crippen molar-refractivity contribution in [2.45, 2.75) is 138 Å². The van der Waals surface area contributed by atoms with Gasteiger partial charge in [-0.3, -0.25) is 29.7 Å². The summed E-state index contributed by atoms with van der Waals surface area (Å²) in [5, 5.41) is 17.3. The van der Waals surface area contributed by atoms with Crippen molar-refractivity contribution in [1.29, 1.82) is 0 Å². The summed E-state index contributed by atoms with van der Waals surface area (Å²) >= 11 is 0. The van der Waals surface area contributed by atoms with Crippen LogP contribution in [0.3, 0.4) is 0 Å². The molecular formula is C64H76N10O10S. The van der Waals surface area contributed by atoms with E-state index in [0.717, 1.165) is 87.5 Å². The second kappa shape index (κ2) is 21.4. The minimum atomic E-state index is -4.81. The second-order valence-electron chi connectivity index (χ2n) is 25.8. The number of piperazine rings is 1. The first-order valence-electron chi connectivity index (χ1n) is 30.4. The van der Waals surface area contributed by atoms with Gasteiger partial charge in [0.05, 0.1) is 57.7 Å². The molecule has 21 heteroatoms. The normalized spacial score (nSPS) is 24.6. The van der Waals surface area contributed by atoms with Gasteiger partial charge in [0.15, 0.2) is 11.4 Å². The molecule has 1 spiro atoms. The molecule has 0 unspecified atom stereocenters.